The summed E-state index contributed by atoms with van der Waals surface area (Å²) in [5.41, 5.74) is 3.31. The van der Waals surface area contributed by atoms with Crippen molar-refractivity contribution in [3.8, 4) is 11.5 Å². The molecule has 2 aliphatic rings. The Bertz CT molecular complexity index is 909. The van der Waals surface area contributed by atoms with Crippen LogP contribution in [-0.2, 0) is 13.0 Å². The van der Waals surface area contributed by atoms with E-state index in [1.54, 1.807) is 14.2 Å². The normalized spacial score (nSPS) is 17.1. The molecule has 0 spiro atoms. The Hall–Kier alpha value is -2.33. The number of carbonyl (C=O) groups is 1. The van der Waals surface area contributed by atoms with Crippen molar-refractivity contribution in [3.05, 3.63) is 59.2 Å². The number of likely N-dealkylation sites (tertiary alicyclic amines) is 1. The molecule has 0 amide bonds. The number of benzene rings is 2. The molecule has 38 heavy (non-hydrogen) atoms. The first-order chi connectivity index (χ1) is 18.5. The van der Waals surface area contributed by atoms with Gasteiger partial charge in [0, 0.05) is 18.0 Å². The van der Waals surface area contributed by atoms with Gasteiger partial charge in [0.05, 0.1) is 14.2 Å². The highest BCUT2D eigenvalue weighted by molar-refractivity contribution is 6.02. The number of methoxy groups -OCH3 is 2. The van der Waals surface area contributed by atoms with E-state index < -0.39 is 0 Å². The van der Waals surface area contributed by atoms with Crippen molar-refractivity contribution in [3.63, 3.8) is 0 Å². The summed E-state index contributed by atoms with van der Waals surface area (Å²) in [6, 6.07) is 14.5. The van der Waals surface area contributed by atoms with Crippen LogP contribution in [0.2, 0.25) is 0 Å². The Morgan fingerprint density at radius 1 is 0.816 bits per heavy atom. The molecule has 0 N–H and O–H groups in total. The first kappa shape index (κ1) is 31.9. The summed E-state index contributed by atoms with van der Waals surface area (Å²) < 4.78 is 10.8. The van der Waals surface area contributed by atoms with Gasteiger partial charge in [-0.3, -0.25) is 9.69 Å². The van der Waals surface area contributed by atoms with Crippen LogP contribution < -0.4 is 9.47 Å². The van der Waals surface area contributed by atoms with Gasteiger partial charge < -0.3 is 9.47 Å². The third-order valence-electron chi connectivity index (χ3n) is 7.70. The van der Waals surface area contributed by atoms with E-state index >= 15 is 0 Å². The molecular formula is C34H53NO3. The van der Waals surface area contributed by atoms with E-state index in [2.05, 4.69) is 62.9 Å². The highest BCUT2D eigenvalue weighted by atomic mass is 16.5. The molecule has 2 aromatic carbocycles. The molecule has 4 nitrogen and oxygen atoms in total. The van der Waals surface area contributed by atoms with Crippen molar-refractivity contribution in [2.24, 2.45) is 11.8 Å². The summed E-state index contributed by atoms with van der Waals surface area (Å²) in [5.74, 6) is 2.38. The monoisotopic (exact) mass is 523 g/mol. The summed E-state index contributed by atoms with van der Waals surface area (Å²) in [6.45, 7) is 12.1. The minimum atomic E-state index is 0.109. The van der Waals surface area contributed by atoms with Crippen LogP contribution in [0.4, 0.5) is 0 Å². The number of unbranched alkanes of at least 4 members (excludes halogenated alkanes) is 4. The summed E-state index contributed by atoms with van der Waals surface area (Å²) >= 11 is 0. The second-order valence-electron chi connectivity index (χ2n) is 10.8. The Morgan fingerprint density at radius 2 is 1.37 bits per heavy atom. The van der Waals surface area contributed by atoms with Gasteiger partial charge in [-0.15, -0.1) is 0 Å². The van der Waals surface area contributed by atoms with Crippen LogP contribution in [0.3, 0.4) is 0 Å². The zero-order valence-corrected chi connectivity index (χ0v) is 25.1. The number of ketones is 1. The summed E-state index contributed by atoms with van der Waals surface area (Å²) in [6.07, 6.45) is 12.3. The quantitative estimate of drug-likeness (QED) is 0.312. The fraction of sp³-hybridized carbons (Fsp3) is 0.618. The van der Waals surface area contributed by atoms with Crippen LogP contribution in [0, 0.1) is 11.8 Å². The standard InChI is InChI=1S/C24H29NO3.2C5H12/c1-27-22-14-19-13-20(24(26)21(19)15-23(22)28-2)12-17-8-10-25(11-9-17)16-18-6-4-3-5-7-18;2*1-3-5-4-2/h3-7,14-15,17,20H,8-13,16H2,1-2H3;2*3-5H2,1-2H3. The molecule has 1 heterocycles. The number of ether oxygens (including phenoxy) is 2. The van der Waals surface area contributed by atoms with Crippen LogP contribution in [0.25, 0.3) is 0 Å². The van der Waals surface area contributed by atoms with Crippen molar-refractivity contribution in [2.45, 2.75) is 98.4 Å². The van der Waals surface area contributed by atoms with E-state index in [-0.39, 0.29) is 11.7 Å². The molecule has 212 valence electrons. The van der Waals surface area contributed by atoms with E-state index in [1.807, 2.05) is 12.1 Å². The average molecular weight is 524 g/mol. The first-order valence-electron chi connectivity index (χ1n) is 15.1. The van der Waals surface area contributed by atoms with Gasteiger partial charge in [-0.05, 0) is 68.0 Å². The molecule has 0 bridgehead atoms. The molecule has 0 aromatic heterocycles. The van der Waals surface area contributed by atoms with Gasteiger partial charge in [-0.1, -0.05) is 96.6 Å². The van der Waals surface area contributed by atoms with Gasteiger partial charge in [0.1, 0.15) is 0 Å². The average Bonchev–Trinajstić information content (AvgIpc) is 3.25. The molecule has 4 rings (SSSR count). The third-order valence-corrected chi connectivity index (χ3v) is 7.70. The topological polar surface area (TPSA) is 38.8 Å². The number of Topliss-reactive ketones (excluding diaryl/α,β-unsaturated/α-hetero) is 1. The number of hydrogen-bond acceptors (Lipinski definition) is 4. The SMILES string of the molecule is CCCCC.CCCCC.COc1cc2c(cc1OC)C(=O)C(CC1CCN(Cc3ccccc3)CC1)C2. The lowest BCUT2D eigenvalue weighted by molar-refractivity contribution is 0.0895. The summed E-state index contributed by atoms with van der Waals surface area (Å²) in [4.78, 5) is 15.5. The molecule has 4 heteroatoms. The van der Waals surface area contributed by atoms with Crippen molar-refractivity contribution in [1.29, 1.82) is 0 Å². The lowest BCUT2D eigenvalue weighted by Crippen LogP contribution is -2.34. The van der Waals surface area contributed by atoms with Crippen LogP contribution in [0.15, 0.2) is 42.5 Å². The zero-order chi connectivity index (χ0) is 27.8. The number of hydrogen-bond donors (Lipinski definition) is 0. The molecule has 1 saturated heterocycles. The van der Waals surface area contributed by atoms with Crippen molar-refractivity contribution < 1.29 is 14.3 Å². The molecular weight excluding hydrogens is 470 g/mol. The van der Waals surface area contributed by atoms with E-state index in [0.29, 0.717) is 17.4 Å². The number of piperidine rings is 1. The summed E-state index contributed by atoms with van der Waals surface area (Å²) in [5, 5.41) is 0. The lowest BCUT2D eigenvalue weighted by Gasteiger charge is -2.32. The molecule has 2 aromatic rings. The maximum Gasteiger partial charge on any atom is 0.166 e. The van der Waals surface area contributed by atoms with E-state index in [1.165, 1.54) is 56.9 Å². The Balaban J connectivity index is 0.000000435. The smallest absolute Gasteiger partial charge is 0.166 e. The predicted molar refractivity (Wildman–Crippen MR) is 161 cm³/mol. The molecule has 1 fully saturated rings. The third kappa shape index (κ3) is 10.1. The first-order valence-corrected chi connectivity index (χ1v) is 15.1. The van der Waals surface area contributed by atoms with Crippen molar-refractivity contribution in [2.75, 3.05) is 27.3 Å². The predicted octanol–water partition coefficient (Wildman–Crippen LogP) is 8.75. The van der Waals surface area contributed by atoms with E-state index in [0.717, 1.165) is 43.6 Å². The molecule has 1 atom stereocenters. The Morgan fingerprint density at radius 3 is 1.87 bits per heavy atom. The van der Waals surface area contributed by atoms with E-state index in [4.69, 9.17) is 9.47 Å². The van der Waals surface area contributed by atoms with Gasteiger partial charge in [-0.2, -0.15) is 0 Å². The van der Waals surface area contributed by atoms with Gasteiger partial charge >= 0.3 is 0 Å². The van der Waals surface area contributed by atoms with Crippen molar-refractivity contribution in [1.82, 2.24) is 4.90 Å². The van der Waals surface area contributed by atoms with Crippen LogP contribution >= 0.6 is 0 Å². The van der Waals surface area contributed by atoms with Crippen LogP contribution in [0.5, 0.6) is 11.5 Å². The molecule has 1 unspecified atom stereocenters. The minimum absolute atomic E-state index is 0.109. The van der Waals surface area contributed by atoms with Crippen LogP contribution in [0.1, 0.15) is 107 Å². The Labute approximate surface area is 233 Å². The van der Waals surface area contributed by atoms with Gasteiger partial charge in [0.2, 0.25) is 0 Å². The fourth-order valence-corrected chi connectivity index (χ4v) is 5.42. The number of carbonyl (C=O) groups excluding carboxylic acids is 1. The summed E-state index contributed by atoms with van der Waals surface area (Å²) in [7, 11) is 3.26. The van der Waals surface area contributed by atoms with Crippen molar-refractivity contribution >= 4 is 5.78 Å². The second kappa shape index (κ2) is 18.0. The number of fused-ring (bicyclic) bond motifs is 1. The van der Waals surface area contributed by atoms with E-state index in [9.17, 15) is 4.79 Å². The number of nitrogens with zero attached hydrogens (tertiary/aromatic N) is 1. The molecule has 1 aliphatic carbocycles. The Kier molecular flexibility index (Phi) is 15.1. The number of rotatable bonds is 10. The van der Waals surface area contributed by atoms with Gasteiger partial charge in [0.15, 0.2) is 17.3 Å². The fourth-order valence-electron chi connectivity index (χ4n) is 5.42. The highest BCUT2D eigenvalue weighted by Gasteiger charge is 2.34. The largest absolute Gasteiger partial charge is 0.493 e. The minimum Gasteiger partial charge on any atom is -0.493 e. The highest BCUT2D eigenvalue weighted by Crippen LogP contribution is 2.39. The van der Waals surface area contributed by atoms with Crippen LogP contribution in [-0.4, -0.2) is 38.0 Å². The maximum absolute atomic E-state index is 12.9. The molecule has 1 aliphatic heterocycles. The lowest BCUT2D eigenvalue weighted by atomic mass is 9.85. The maximum atomic E-state index is 12.9. The zero-order valence-electron chi connectivity index (χ0n) is 25.1. The molecule has 0 saturated carbocycles. The second-order valence-corrected chi connectivity index (χ2v) is 10.8. The molecule has 0 radical (unpaired) electrons. The van der Waals surface area contributed by atoms with Gasteiger partial charge in [-0.25, -0.2) is 0 Å². The van der Waals surface area contributed by atoms with Gasteiger partial charge in [0.25, 0.3) is 0 Å².